The van der Waals surface area contributed by atoms with Crippen LogP contribution < -0.4 is 10.1 Å². The van der Waals surface area contributed by atoms with Gasteiger partial charge in [0, 0.05) is 38.9 Å². The summed E-state index contributed by atoms with van der Waals surface area (Å²) in [6.07, 6.45) is -5.43. The van der Waals surface area contributed by atoms with Gasteiger partial charge in [0.2, 0.25) is 12.2 Å². The number of carbonyl (C=O) groups is 1. The van der Waals surface area contributed by atoms with E-state index in [0.717, 1.165) is 18.3 Å². The minimum atomic E-state index is -4.68. The first-order chi connectivity index (χ1) is 22.6. The van der Waals surface area contributed by atoms with Crippen LogP contribution in [0.5, 0.6) is 5.75 Å². The molecule has 0 saturated carbocycles. The fraction of sp³-hybridized carbons (Fsp3) is 0.357. The zero-order chi connectivity index (χ0) is 35.5. The third-order valence-electron chi connectivity index (χ3n) is 6.19. The standard InChI is InChI=1S/C19H19F6N5OS2.C9H8F3NO2/c1-32-15-11-26-17(19(23,24)25)28-16(15)27-12-29-6-8-30(9-7-29)33(31)14-4-2-13(3-5-14)10-18(20,21)22;10-7-3-6(4-13-5-14)1-2-8(7)15-9(11)12/h2-5,11-12H,6-10H2,1H3;1-3,5,9H,4H2,(H,13,14). The Hall–Kier alpha value is -3.91. The first kappa shape index (κ1) is 38.5. The smallest absolute Gasteiger partial charge is 0.432 e. The van der Waals surface area contributed by atoms with Gasteiger partial charge in [-0.05, 0) is 41.6 Å². The van der Waals surface area contributed by atoms with E-state index >= 15 is 0 Å². The number of nitrogens with one attached hydrogen (secondary N) is 1. The van der Waals surface area contributed by atoms with Crippen molar-refractivity contribution < 1.29 is 53.3 Å². The summed E-state index contributed by atoms with van der Waals surface area (Å²) in [5.74, 6) is -2.76. The zero-order valence-electron chi connectivity index (χ0n) is 24.8. The Balaban J connectivity index is 0.000000348. The SMILES string of the molecule is CSc1cnc(C(F)(F)F)nc1N=CN1CCN(S(=O)c2ccc(CC(F)(F)F)cc2)CC1.O=CNCc1ccc(OC(F)F)c(F)c1. The van der Waals surface area contributed by atoms with Gasteiger partial charge in [0.05, 0.1) is 22.6 Å². The predicted octanol–water partition coefficient (Wildman–Crippen LogP) is 6.00. The van der Waals surface area contributed by atoms with E-state index in [-0.39, 0.29) is 17.9 Å². The average molecular weight is 731 g/mol. The molecule has 1 aliphatic rings. The second-order valence-electron chi connectivity index (χ2n) is 9.62. The number of aliphatic imine (C=N–C) groups is 1. The molecule has 20 heteroatoms. The van der Waals surface area contributed by atoms with Crippen LogP contribution in [0.15, 0.2) is 63.4 Å². The van der Waals surface area contributed by atoms with Gasteiger partial charge in [-0.25, -0.2) is 27.9 Å². The molecule has 48 heavy (non-hydrogen) atoms. The van der Waals surface area contributed by atoms with Crippen LogP contribution >= 0.6 is 11.8 Å². The van der Waals surface area contributed by atoms with Crippen molar-refractivity contribution >= 4 is 41.3 Å². The number of hydrogen-bond donors (Lipinski definition) is 1. The van der Waals surface area contributed by atoms with Crippen molar-refractivity contribution in [3.05, 3.63) is 71.4 Å². The lowest BCUT2D eigenvalue weighted by Crippen LogP contribution is -2.46. The molecular weight excluding hydrogens is 703 g/mol. The van der Waals surface area contributed by atoms with E-state index in [1.807, 2.05) is 0 Å². The minimum absolute atomic E-state index is 0.0882. The number of aromatic nitrogens is 2. The first-order valence-corrected chi connectivity index (χ1v) is 15.9. The molecule has 0 spiro atoms. The number of rotatable bonds is 11. The summed E-state index contributed by atoms with van der Waals surface area (Å²) in [7, 11) is -1.54. The predicted molar refractivity (Wildman–Crippen MR) is 159 cm³/mol. The first-order valence-electron chi connectivity index (χ1n) is 13.6. The summed E-state index contributed by atoms with van der Waals surface area (Å²) in [5, 5.41) is 2.32. The van der Waals surface area contributed by atoms with Gasteiger partial charge in [-0.2, -0.15) is 35.1 Å². The summed E-state index contributed by atoms with van der Waals surface area (Å²) in [4.78, 5) is 23.4. The molecule has 1 amide bonds. The molecule has 1 unspecified atom stereocenters. The Morgan fingerprint density at radius 1 is 1.04 bits per heavy atom. The van der Waals surface area contributed by atoms with Gasteiger partial charge in [-0.15, -0.1) is 11.8 Å². The number of halogens is 9. The highest BCUT2D eigenvalue weighted by molar-refractivity contribution is 7.98. The van der Waals surface area contributed by atoms with E-state index in [0.29, 0.717) is 47.9 Å². The van der Waals surface area contributed by atoms with Crippen molar-refractivity contribution in [1.29, 1.82) is 0 Å². The molecule has 1 fully saturated rings. The Morgan fingerprint density at radius 2 is 1.69 bits per heavy atom. The molecule has 0 bridgehead atoms. The fourth-order valence-electron chi connectivity index (χ4n) is 3.97. The lowest BCUT2D eigenvalue weighted by Gasteiger charge is -2.32. The Bertz CT molecular complexity index is 1550. The van der Waals surface area contributed by atoms with Gasteiger partial charge in [-0.1, -0.05) is 18.2 Å². The van der Waals surface area contributed by atoms with Crippen LogP contribution in [0.2, 0.25) is 0 Å². The van der Waals surface area contributed by atoms with Crippen molar-refractivity contribution in [1.82, 2.24) is 24.5 Å². The minimum Gasteiger partial charge on any atom is -0.432 e. The molecule has 1 N–H and O–H groups in total. The van der Waals surface area contributed by atoms with E-state index in [9.17, 15) is 48.5 Å². The maximum Gasteiger partial charge on any atom is 0.451 e. The molecule has 1 aromatic heterocycles. The molecule has 9 nitrogen and oxygen atoms in total. The Labute approximate surface area is 275 Å². The summed E-state index contributed by atoms with van der Waals surface area (Å²) in [6, 6.07) is 8.95. The van der Waals surface area contributed by atoms with Crippen molar-refractivity contribution in [2.75, 3.05) is 32.4 Å². The number of alkyl halides is 8. The normalized spacial score (nSPS) is 14.9. The van der Waals surface area contributed by atoms with E-state index in [1.54, 1.807) is 15.5 Å². The quantitative estimate of drug-likeness (QED) is 0.0851. The second kappa shape index (κ2) is 17.5. The molecule has 262 valence electrons. The third-order valence-corrected chi connectivity index (χ3v) is 8.43. The number of nitrogens with zero attached hydrogens (tertiary/aromatic N) is 5. The molecule has 1 saturated heterocycles. The van der Waals surface area contributed by atoms with Gasteiger partial charge in [-0.3, -0.25) is 4.79 Å². The van der Waals surface area contributed by atoms with Crippen LogP contribution in [0.1, 0.15) is 17.0 Å². The highest BCUT2D eigenvalue weighted by Gasteiger charge is 2.35. The highest BCUT2D eigenvalue weighted by atomic mass is 32.2. The summed E-state index contributed by atoms with van der Waals surface area (Å²) < 4.78 is 131. The van der Waals surface area contributed by atoms with Gasteiger partial charge < -0.3 is 15.0 Å². The summed E-state index contributed by atoms with van der Waals surface area (Å²) >= 11 is 1.17. The molecule has 0 aliphatic carbocycles. The van der Waals surface area contributed by atoms with Crippen LogP contribution in [0.25, 0.3) is 0 Å². The average Bonchev–Trinajstić information content (AvgIpc) is 3.03. The second-order valence-corrected chi connectivity index (χ2v) is 12.0. The molecule has 4 rings (SSSR count). The van der Waals surface area contributed by atoms with E-state index < -0.39 is 53.8 Å². The van der Waals surface area contributed by atoms with Gasteiger partial charge in [0.15, 0.2) is 17.4 Å². The topological polar surface area (TPSA) is 100 Å². The fourth-order valence-corrected chi connectivity index (χ4v) is 5.57. The van der Waals surface area contributed by atoms with Crippen molar-refractivity contribution in [3.63, 3.8) is 0 Å². The van der Waals surface area contributed by atoms with E-state index in [1.165, 1.54) is 48.4 Å². The number of amides is 1. The van der Waals surface area contributed by atoms with Crippen molar-refractivity contribution in [2.45, 2.75) is 41.7 Å². The number of hydrogen-bond acceptors (Lipinski definition) is 7. The molecule has 2 heterocycles. The number of benzene rings is 2. The van der Waals surface area contributed by atoms with Gasteiger partial charge >= 0.3 is 19.0 Å². The van der Waals surface area contributed by atoms with Crippen LogP contribution in [-0.2, 0) is 34.9 Å². The monoisotopic (exact) mass is 730 g/mol. The van der Waals surface area contributed by atoms with E-state index in [4.69, 9.17) is 0 Å². The molecule has 3 aromatic rings. The maximum atomic E-state index is 13.1. The van der Waals surface area contributed by atoms with Gasteiger partial charge in [0.1, 0.15) is 11.0 Å². The zero-order valence-corrected chi connectivity index (χ0v) is 26.4. The van der Waals surface area contributed by atoms with Crippen LogP contribution in [0.3, 0.4) is 0 Å². The van der Waals surface area contributed by atoms with Gasteiger partial charge in [0.25, 0.3) is 0 Å². The lowest BCUT2D eigenvalue weighted by molar-refractivity contribution is -0.145. The number of carbonyl (C=O) groups excluding carboxylic acids is 1. The Morgan fingerprint density at radius 3 is 2.23 bits per heavy atom. The number of thioether (sulfide) groups is 1. The van der Waals surface area contributed by atoms with E-state index in [2.05, 4.69) is 25.0 Å². The molecule has 1 atom stereocenters. The number of piperazine rings is 1. The van der Waals surface area contributed by atoms with Crippen LogP contribution in [0, 0.1) is 5.82 Å². The molecule has 2 aromatic carbocycles. The van der Waals surface area contributed by atoms with Crippen LogP contribution in [0.4, 0.5) is 45.3 Å². The largest absolute Gasteiger partial charge is 0.451 e. The summed E-state index contributed by atoms with van der Waals surface area (Å²) in [6.45, 7) is -1.36. The molecular formula is C28H27F9N6O3S2. The Kier molecular flexibility index (Phi) is 14.0. The third kappa shape index (κ3) is 12.3. The number of ether oxygens (including phenoxy) is 1. The van der Waals surface area contributed by atoms with Crippen molar-refractivity contribution in [2.24, 2.45) is 4.99 Å². The highest BCUT2D eigenvalue weighted by Crippen LogP contribution is 2.31. The van der Waals surface area contributed by atoms with Crippen LogP contribution in [-0.4, -0.2) is 81.4 Å². The summed E-state index contributed by atoms with van der Waals surface area (Å²) in [5.41, 5.74) is 0.550. The molecule has 1 aliphatic heterocycles. The maximum absolute atomic E-state index is 13.1. The van der Waals surface area contributed by atoms with Crippen molar-refractivity contribution in [3.8, 4) is 5.75 Å². The molecule has 0 radical (unpaired) electrons. The lowest BCUT2D eigenvalue weighted by atomic mass is 10.1.